The summed E-state index contributed by atoms with van der Waals surface area (Å²) < 4.78 is 21.8. The smallest absolute Gasteiger partial charge is 0.269 e. The van der Waals surface area contributed by atoms with E-state index in [0.29, 0.717) is 29.0 Å². The number of non-ortho nitro benzene ring substituents is 1. The first-order valence-corrected chi connectivity index (χ1v) is 11.7. The van der Waals surface area contributed by atoms with Gasteiger partial charge in [0.25, 0.3) is 5.69 Å². The molecule has 10 heteroatoms. The van der Waals surface area contributed by atoms with Crippen LogP contribution in [0.5, 0.6) is 5.75 Å². The van der Waals surface area contributed by atoms with Crippen molar-refractivity contribution in [3.05, 3.63) is 98.8 Å². The first-order valence-electron chi connectivity index (χ1n) is 11.4. The van der Waals surface area contributed by atoms with Gasteiger partial charge in [-0.05, 0) is 49.2 Å². The highest BCUT2D eigenvalue weighted by Crippen LogP contribution is 2.31. The van der Waals surface area contributed by atoms with Gasteiger partial charge in [0.05, 0.1) is 24.1 Å². The van der Waals surface area contributed by atoms with Gasteiger partial charge in [0.1, 0.15) is 0 Å². The van der Waals surface area contributed by atoms with Gasteiger partial charge in [-0.2, -0.15) is 0 Å². The van der Waals surface area contributed by atoms with Gasteiger partial charge in [0.2, 0.25) is 5.95 Å². The lowest BCUT2D eigenvalue weighted by molar-refractivity contribution is -0.384. The highest BCUT2D eigenvalue weighted by molar-refractivity contribution is 6.30. The van der Waals surface area contributed by atoms with Crippen molar-refractivity contribution in [1.82, 2.24) is 14.8 Å². The first kappa shape index (κ1) is 25.1. The Morgan fingerprint density at radius 1 is 1.14 bits per heavy atom. The Labute approximate surface area is 213 Å². The zero-order valence-corrected chi connectivity index (χ0v) is 20.8. The lowest BCUT2D eigenvalue weighted by Gasteiger charge is -2.27. The molecule has 1 atom stereocenters. The quantitative estimate of drug-likeness (QED) is 0.195. The molecule has 0 saturated carbocycles. The average molecular weight is 510 g/mol. The van der Waals surface area contributed by atoms with Crippen molar-refractivity contribution >= 4 is 23.2 Å². The van der Waals surface area contributed by atoms with E-state index in [1.807, 2.05) is 41.6 Å². The Bertz CT molecular complexity index is 1390. The van der Waals surface area contributed by atoms with Crippen molar-refractivity contribution in [1.29, 1.82) is 0 Å². The average Bonchev–Trinajstić information content (AvgIpc) is 3.28. The highest BCUT2D eigenvalue weighted by atomic mass is 35.5. The molecular weight excluding hydrogens is 485 g/mol. The van der Waals surface area contributed by atoms with E-state index in [4.69, 9.17) is 16.3 Å². The molecule has 0 N–H and O–H groups in total. The standard InChI is InChI=1S/C26H25ClFN5O3/c1-4-36-24-12-11-18(13-23(24)28)16-32-25(20-8-5-9-21(27)14-20)29-30-26(32)31(3)17(2)19-7-6-10-22(15-19)33(34)35/h5-15,17H,4,16H2,1-3H3. The summed E-state index contributed by atoms with van der Waals surface area (Å²) in [5.74, 6) is 0.807. The predicted molar refractivity (Wildman–Crippen MR) is 137 cm³/mol. The lowest BCUT2D eigenvalue weighted by atomic mass is 10.1. The number of ether oxygens (including phenoxy) is 1. The van der Waals surface area contributed by atoms with E-state index in [2.05, 4.69) is 10.2 Å². The minimum absolute atomic E-state index is 0.0127. The van der Waals surface area contributed by atoms with Crippen molar-refractivity contribution in [2.24, 2.45) is 0 Å². The molecule has 1 unspecified atom stereocenters. The van der Waals surface area contributed by atoms with E-state index in [1.165, 1.54) is 12.1 Å². The topological polar surface area (TPSA) is 86.3 Å². The van der Waals surface area contributed by atoms with Crippen molar-refractivity contribution in [3.8, 4) is 17.1 Å². The third-order valence-electron chi connectivity index (χ3n) is 5.91. The number of aromatic nitrogens is 3. The number of benzene rings is 3. The fraction of sp³-hybridized carbons (Fsp3) is 0.231. The Balaban J connectivity index is 1.75. The van der Waals surface area contributed by atoms with Crippen molar-refractivity contribution in [3.63, 3.8) is 0 Å². The number of hydrogen-bond donors (Lipinski definition) is 0. The van der Waals surface area contributed by atoms with Gasteiger partial charge >= 0.3 is 0 Å². The van der Waals surface area contributed by atoms with Crippen LogP contribution >= 0.6 is 11.6 Å². The SMILES string of the molecule is CCOc1ccc(Cn2c(-c3cccc(Cl)c3)nnc2N(C)C(C)c2cccc([N+](=O)[O-])c2)cc1F. The van der Waals surface area contributed by atoms with Crippen LogP contribution in [0.25, 0.3) is 11.4 Å². The number of hydrogen-bond acceptors (Lipinski definition) is 6. The predicted octanol–water partition coefficient (Wildman–Crippen LogP) is 6.29. The van der Waals surface area contributed by atoms with Crippen molar-refractivity contribution in [2.75, 3.05) is 18.6 Å². The van der Waals surface area contributed by atoms with Crippen LogP contribution in [0, 0.1) is 15.9 Å². The summed E-state index contributed by atoms with van der Waals surface area (Å²) in [6.07, 6.45) is 0. The molecule has 0 aliphatic heterocycles. The molecule has 1 heterocycles. The van der Waals surface area contributed by atoms with Gasteiger partial charge in [-0.15, -0.1) is 10.2 Å². The van der Waals surface area contributed by atoms with Crippen LogP contribution < -0.4 is 9.64 Å². The molecule has 8 nitrogen and oxygen atoms in total. The molecule has 36 heavy (non-hydrogen) atoms. The third-order valence-corrected chi connectivity index (χ3v) is 6.15. The first-order chi connectivity index (χ1) is 17.3. The molecule has 0 saturated heterocycles. The van der Waals surface area contributed by atoms with E-state index in [1.54, 1.807) is 43.3 Å². The van der Waals surface area contributed by atoms with E-state index >= 15 is 0 Å². The summed E-state index contributed by atoms with van der Waals surface area (Å²) in [6, 6.07) is 18.3. The van der Waals surface area contributed by atoms with Crippen molar-refractivity contribution < 1.29 is 14.1 Å². The summed E-state index contributed by atoms with van der Waals surface area (Å²) in [7, 11) is 1.84. The molecule has 3 aromatic carbocycles. The molecule has 0 aliphatic rings. The molecule has 4 rings (SSSR count). The van der Waals surface area contributed by atoms with Gasteiger partial charge in [-0.25, -0.2) is 4.39 Å². The summed E-state index contributed by atoms with van der Waals surface area (Å²) in [5, 5.41) is 20.7. The van der Waals surface area contributed by atoms with E-state index < -0.39 is 10.7 Å². The largest absolute Gasteiger partial charge is 0.491 e. The third kappa shape index (κ3) is 5.31. The summed E-state index contributed by atoms with van der Waals surface area (Å²) in [4.78, 5) is 12.7. The van der Waals surface area contributed by atoms with Crippen LogP contribution in [0.3, 0.4) is 0 Å². The lowest BCUT2D eigenvalue weighted by Crippen LogP contribution is -2.25. The summed E-state index contributed by atoms with van der Waals surface area (Å²) in [6.45, 7) is 4.37. The maximum absolute atomic E-state index is 14.6. The molecule has 4 aromatic rings. The molecule has 0 spiro atoms. The minimum Gasteiger partial charge on any atom is -0.491 e. The van der Waals surface area contributed by atoms with E-state index in [-0.39, 0.29) is 24.0 Å². The maximum Gasteiger partial charge on any atom is 0.269 e. The number of rotatable bonds is 9. The molecule has 186 valence electrons. The minimum atomic E-state index is -0.452. The van der Waals surface area contributed by atoms with Gasteiger partial charge < -0.3 is 9.64 Å². The normalized spacial score (nSPS) is 11.8. The zero-order chi connectivity index (χ0) is 25.8. The van der Waals surface area contributed by atoms with E-state index in [9.17, 15) is 14.5 Å². The van der Waals surface area contributed by atoms with Gasteiger partial charge in [-0.3, -0.25) is 14.7 Å². The number of anilines is 1. The fourth-order valence-corrected chi connectivity index (χ4v) is 4.13. The monoisotopic (exact) mass is 509 g/mol. The summed E-state index contributed by atoms with van der Waals surface area (Å²) >= 11 is 6.23. The number of nitro groups is 1. The number of halogens is 2. The fourth-order valence-electron chi connectivity index (χ4n) is 3.94. The number of nitro benzene ring substituents is 1. The van der Waals surface area contributed by atoms with Crippen LogP contribution in [0.15, 0.2) is 66.7 Å². The second-order valence-corrected chi connectivity index (χ2v) is 8.69. The van der Waals surface area contributed by atoms with Gasteiger partial charge in [-0.1, -0.05) is 41.9 Å². The molecular formula is C26H25ClFN5O3. The molecule has 0 bridgehead atoms. The molecule has 0 aliphatic carbocycles. The Hall–Kier alpha value is -3.98. The molecule has 0 radical (unpaired) electrons. The van der Waals surface area contributed by atoms with E-state index in [0.717, 1.165) is 11.1 Å². The van der Waals surface area contributed by atoms with Crippen LogP contribution in [0.4, 0.5) is 16.0 Å². The Kier molecular flexibility index (Phi) is 7.49. The van der Waals surface area contributed by atoms with Crippen LogP contribution in [-0.2, 0) is 6.54 Å². The maximum atomic E-state index is 14.6. The second kappa shape index (κ2) is 10.7. The number of nitrogens with zero attached hydrogens (tertiary/aromatic N) is 5. The van der Waals surface area contributed by atoms with Crippen LogP contribution in [-0.4, -0.2) is 33.3 Å². The second-order valence-electron chi connectivity index (χ2n) is 8.26. The highest BCUT2D eigenvalue weighted by Gasteiger charge is 2.23. The summed E-state index contributed by atoms with van der Waals surface area (Å²) in [5.41, 5.74) is 2.21. The Morgan fingerprint density at radius 2 is 1.92 bits per heavy atom. The molecule has 0 fully saturated rings. The van der Waals surface area contributed by atoms with Gasteiger partial charge in [0, 0.05) is 29.8 Å². The molecule has 0 amide bonds. The zero-order valence-electron chi connectivity index (χ0n) is 20.1. The van der Waals surface area contributed by atoms with Gasteiger partial charge in [0.15, 0.2) is 17.4 Å². The van der Waals surface area contributed by atoms with Crippen LogP contribution in [0.1, 0.15) is 31.0 Å². The van der Waals surface area contributed by atoms with Crippen LogP contribution in [0.2, 0.25) is 5.02 Å². The Morgan fingerprint density at radius 3 is 2.61 bits per heavy atom. The molecule has 1 aromatic heterocycles. The van der Waals surface area contributed by atoms with Crippen molar-refractivity contribution in [2.45, 2.75) is 26.4 Å².